The molecule has 4 rings (SSSR count). The van der Waals surface area contributed by atoms with Crippen LogP contribution < -0.4 is 4.74 Å². The second-order valence-electron chi connectivity index (χ2n) is 7.94. The summed E-state index contributed by atoms with van der Waals surface area (Å²) in [7, 11) is -4.01. The topological polar surface area (TPSA) is 85.8 Å². The van der Waals surface area contributed by atoms with Crippen LogP contribution in [0.25, 0.3) is 0 Å². The first-order valence-electron chi connectivity index (χ1n) is 11.0. The number of carbonyl (C=O) groups is 1. The lowest BCUT2D eigenvalue weighted by Gasteiger charge is -2.26. The lowest BCUT2D eigenvalue weighted by Crippen LogP contribution is -2.36. The van der Waals surface area contributed by atoms with E-state index in [0.717, 1.165) is 42.7 Å². The Morgan fingerprint density at radius 1 is 0.971 bits per heavy atom. The fourth-order valence-corrected chi connectivity index (χ4v) is 5.23. The Morgan fingerprint density at radius 2 is 1.74 bits per heavy atom. The highest BCUT2D eigenvalue weighted by molar-refractivity contribution is 7.89. The summed E-state index contributed by atoms with van der Waals surface area (Å²) in [6, 6.07) is 15.9. The number of pyridine rings is 1. The van der Waals surface area contributed by atoms with Crippen molar-refractivity contribution in [2.75, 3.05) is 13.1 Å². The molecule has 1 aliphatic rings. The van der Waals surface area contributed by atoms with Gasteiger partial charge in [0.25, 0.3) is 0 Å². The Balaban J connectivity index is 1.37. The molecule has 2 heterocycles. The number of sulfonamides is 1. The summed E-state index contributed by atoms with van der Waals surface area (Å²) in [5.41, 5.74) is 1.51. The molecule has 7 nitrogen and oxygen atoms in total. The number of hydrogen-bond acceptors (Lipinski definition) is 6. The van der Waals surface area contributed by atoms with E-state index in [0.29, 0.717) is 25.4 Å². The van der Waals surface area contributed by atoms with Gasteiger partial charge in [0.1, 0.15) is 29.7 Å². The lowest BCUT2D eigenvalue weighted by atomic mass is 10.2. The van der Waals surface area contributed by atoms with Gasteiger partial charge in [0, 0.05) is 19.3 Å². The van der Waals surface area contributed by atoms with Gasteiger partial charge in [-0.1, -0.05) is 24.6 Å². The minimum Gasteiger partial charge on any atom is -0.487 e. The first kappa shape index (κ1) is 23.8. The number of nitrogens with zero attached hydrogens (tertiary/aromatic N) is 2. The number of piperidine rings is 1. The Bertz CT molecular complexity index is 1230. The summed E-state index contributed by atoms with van der Waals surface area (Å²) in [6.07, 6.45) is 4.10. The summed E-state index contributed by atoms with van der Waals surface area (Å²) < 4.78 is 52.3. The van der Waals surface area contributed by atoms with Crippen molar-refractivity contribution in [2.45, 2.75) is 37.4 Å². The minimum atomic E-state index is -4.01. The molecule has 0 radical (unpaired) electrons. The maximum absolute atomic E-state index is 14.4. The third-order valence-electron chi connectivity index (χ3n) is 5.51. The van der Waals surface area contributed by atoms with Crippen LogP contribution in [0, 0.1) is 5.82 Å². The number of benzene rings is 2. The normalized spacial score (nSPS) is 14.5. The molecule has 178 valence electrons. The van der Waals surface area contributed by atoms with E-state index in [2.05, 4.69) is 4.98 Å². The van der Waals surface area contributed by atoms with E-state index in [1.165, 1.54) is 10.4 Å². The molecule has 1 saturated heterocycles. The van der Waals surface area contributed by atoms with Gasteiger partial charge in [0.05, 0.1) is 11.3 Å². The van der Waals surface area contributed by atoms with Gasteiger partial charge in [-0.2, -0.15) is 4.31 Å². The van der Waals surface area contributed by atoms with E-state index in [1.54, 1.807) is 30.5 Å². The van der Waals surface area contributed by atoms with Crippen LogP contribution in [0.5, 0.6) is 5.75 Å². The SMILES string of the molecule is O=C(OCc1ccc(OCc2ccccn2)cc1)c1ccc(F)c(S(=O)(=O)N2CCCCC2)c1. The first-order valence-corrected chi connectivity index (χ1v) is 12.5. The second kappa shape index (κ2) is 10.8. The Morgan fingerprint density at radius 3 is 2.44 bits per heavy atom. The molecule has 1 fully saturated rings. The molecule has 34 heavy (non-hydrogen) atoms. The van der Waals surface area contributed by atoms with Crippen molar-refractivity contribution in [1.82, 2.24) is 9.29 Å². The van der Waals surface area contributed by atoms with Gasteiger partial charge in [-0.25, -0.2) is 17.6 Å². The highest BCUT2D eigenvalue weighted by Gasteiger charge is 2.29. The monoisotopic (exact) mass is 484 g/mol. The first-order chi connectivity index (χ1) is 16.4. The summed E-state index contributed by atoms with van der Waals surface area (Å²) in [6.45, 7) is 1.00. The number of aromatic nitrogens is 1. The predicted octanol–water partition coefficient (Wildman–Crippen LogP) is 4.33. The van der Waals surface area contributed by atoms with Crippen molar-refractivity contribution in [3.63, 3.8) is 0 Å². The van der Waals surface area contributed by atoms with Crippen LogP contribution in [0.3, 0.4) is 0 Å². The minimum absolute atomic E-state index is 0.0210. The van der Waals surface area contributed by atoms with Crippen LogP contribution in [0.4, 0.5) is 4.39 Å². The molecule has 0 aliphatic carbocycles. The van der Waals surface area contributed by atoms with Gasteiger partial charge in [0.15, 0.2) is 0 Å². The standard InChI is InChI=1S/C25H25FN2O5S/c26-23-12-9-20(16-24(23)34(30,31)28-14-4-1-5-15-28)25(29)33-17-19-7-10-22(11-8-19)32-18-21-6-2-3-13-27-21/h2-3,6-13,16H,1,4-5,14-15,17-18H2. The average molecular weight is 485 g/mol. The fourth-order valence-electron chi connectivity index (χ4n) is 3.63. The maximum atomic E-state index is 14.4. The lowest BCUT2D eigenvalue weighted by molar-refractivity contribution is 0.0472. The van der Waals surface area contributed by atoms with E-state index in [1.807, 2.05) is 18.2 Å². The Labute approximate surface area is 198 Å². The van der Waals surface area contributed by atoms with Crippen LogP contribution in [-0.2, 0) is 28.0 Å². The van der Waals surface area contributed by atoms with Gasteiger partial charge in [-0.05, 0) is 60.9 Å². The summed E-state index contributed by atoms with van der Waals surface area (Å²) >= 11 is 0. The molecule has 3 aromatic rings. The Kier molecular flexibility index (Phi) is 7.54. The smallest absolute Gasteiger partial charge is 0.338 e. The maximum Gasteiger partial charge on any atom is 0.338 e. The largest absolute Gasteiger partial charge is 0.487 e. The molecule has 0 saturated carbocycles. The van der Waals surface area contributed by atoms with Gasteiger partial charge in [0.2, 0.25) is 10.0 Å². The van der Waals surface area contributed by atoms with Gasteiger partial charge >= 0.3 is 5.97 Å². The van der Waals surface area contributed by atoms with Crippen LogP contribution in [0.1, 0.15) is 40.9 Å². The quantitative estimate of drug-likeness (QED) is 0.443. The van der Waals surface area contributed by atoms with Crippen LogP contribution in [0.15, 0.2) is 71.8 Å². The van der Waals surface area contributed by atoms with Gasteiger partial charge in [-0.3, -0.25) is 4.98 Å². The molecule has 0 amide bonds. The van der Waals surface area contributed by atoms with Crippen molar-refractivity contribution in [1.29, 1.82) is 0 Å². The van der Waals surface area contributed by atoms with E-state index < -0.39 is 26.7 Å². The number of hydrogen-bond donors (Lipinski definition) is 0. The van der Waals surface area contributed by atoms with Crippen LogP contribution >= 0.6 is 0 Å². The zero-order valence-corrected chi connectivity index (χ0v) is 19.3. The summed E-state index contributed by atoms with van der Waals surface area (Å²) in [5, 5.41) is 0. The molecule has 1 aromatic heterocycles. The van der Waals surface area contributed by atoms with Crippen molar-refractivity contribution in [2.24, 2.45) is 0 Å². The number of ether oxygens (including phenoxy) is 2. The molecule has 0 bridgehead atoms. The summed E-state index contributed by atoms with van der Waals surface area (Å²) in [4.78, 5) is 16.2. The predicted molar refractivity (Wildman–Crippen MR) is 123 cm³/mol. The molecule has 1 aliphatic heterocycles. The molecule has 9 heteroatoms. The highest BCUT2D eigenvalue weighted by atomic mass is 32.2. The third-order valence-corrected chi connectivity index (χ3v) is 7.42. The highest BCUT2D eigenvalue weighted by Crippen LogP contribution is 2.24. The molecule has 2 aromatic carbocycles. The van der Waals surface area contributed by atoms with E-state index in [4.69, 9.17) is 9.47 Å². The molecular weight excluding hydrogens is 459 g/mol. The van der Waals surface area contributed by atoms with Crippen molar-refractivity contribution in [3.05, 3.63) is 89.5 Å². The van der Waals surface area contributed by atoms with Crippen molar-refractivity contribution < 1.29 is 27.1 Å². The number of carbonyl (C=O) groups excluding carboxylic acids is 1. The zero-order valence-electron chi connectivity index (χ0n) is 18.5. The van der Waals surface area contributed by atoms with Crippen LogP contribution in [-0.4, -0.2) is 36.8 Å². The van der Waals surface area contributed by atoms with E-state index in [-0.39, 0.29) is 12.2 Å². The molecule has 0 unspecified atom stereocenters. The molecule has 0 spiro atoms. The number of rotatable bonds is 8. The molecular formula is C25H25FN2O5S. The van der Waals surface area contributed by atoms with E-state index in [9.17, 15) is 17.6 Å². The van der Waals surface area contributed by atoms with E-state index >= 15 is 0 Å². The molecule has 0 N–H and O–H groups in total. The molecule has 0 atom stereocenters. The number of halogens is 1. The third kappa shape index (κ3) is 5.78. The average Bonchev–Trinajstić information content (AvgIpc) is 2.88. The van der Waals surface area contributed by atoms with Crippen molar-refractivity contribution >= 4 is 16.0 Å². The fraction of sp³-hybridized carbons (Fsp3) is 0.280. The second-order valence-corrected chi connectivity index (χ2v) is 9.85. The van der Waals surface area contributed by atoms with Gasteiger partial charge < -0.3 is 9.47 Å². The Hall–Kier alpha value is -3.30. The van der Waals surface area contributed by atoms with Crippen molar-refractivity contribution in [3.8, 4) is 5.75 Å². The van der Waals surface area contributed by atoms with Crippen LogP contribution in [0.2, 0.25) is 0 Å². The number of esters is 1. The summed E-state index contributed by atoms with van der Waals surface area (Å²) in [5.74, 6) is -0.971. The van der Waals surface area contributed by atoms with Gasteiger partial charge in [-0.15, -0.1) is 0 Å². The zero-order chi connectivity index (χ0) is 24.0.